The highest BCUT2D eigenvalue weighted by Gasteiger charge is 2.19. The number of halogens is 1. The summed E-state index contributed by atoms with van der Waals surface area (Å²) in [6, 6.07) is 14.6. The maximum Gasteiger partial charge on any atom is 0.126 e. The predicted molar refractivity (Wildman–Crippen MR) is 67.4 cm³/mol. The topological polar surface area (TPSA) is 27.0 Å². The van der Waals surface area contributed by atoms with Gasteiger partial charge in [0.15, 0.2) is 0 Å². The summed E-state index contributed by atoms with van der Waals surface area (Å²) in [7, 11) is 0. The highest BCUT2D eigenvalue weighted by Crippen LogP contribution is 2.29. The Kier molecular flexibility index (Phi) is 2.49. The van der Waals surface area contributed by atoms with E-state index < -0.39 is 0 Å². The Balaban J connectivity index is 1.95. The smallest absolute Gasteiger partial charge is 0.126 e. The third-order valence-corrected chi connectivity index (χ3v) is 3.22. The van der Waals surface area contributed by atoms with Crippen LogP contribution in [0.25, 0.3) is 0 Å². The van der Waals surface area contributed by atoms with Gasteiger partial charge < -0.3 is 4.90 Å². The van der Waals surface area contributed by atoms with E-state index >= 15 is 0 Å². The zero-order valence-electron chi connectivity index (χ0n) is 9.73. The molecule has 0 unspecified atom stereocenters. The summed E-state index contributed by atoms with van der Waals surface area (Å²) in [4.78, 5) is 2.08. The molecule has 0 spiro atoms. The summed E-state index contributed by atoms with van der Waals surface area (Å²) in [5, 5.41) is 8.87. The van der Waals surface area contributed by atoms with E-state index in [4.69, 9.17) is 5.26 Å². The molecule has 2 aromatic carbocycles. The van der Waals surface area contributed by atoms with E-state index in [9.17, 15) is 4.39 Å². The van der Waals surface area contributed by atoms with E-state index in [1.807, 2.05) is 18.2 Å². The average Bonchev–Trinajstić information content (AvgIpc) is 2.81. The second-order valence-electron chi connectivity index (χ2n) is 4.43. The lowest BCUT2D eigenvalue weighted by molar-refractivity contribution is 0.626. The number of benzene rings is 2. The molecule has 0 saturated carbocycles. The molecule has 0 saturated heterocycles. The molecule has 2 aromatic rings. The van der Waals surface area contributed by atoms with E-state index in [1.165, 1.54) is 23.3 Å². The Bertz CT molecular complexity index is 618. The summed E-state index contributed by atoms with van der Waals surface area (Å²) in [6.45, 7) is 1.54. The number of nitrogens with zero attached hydrogens (tertiary/aromatic N) is 2. The second-order valence-corrected chi connectivity index (χ2v) is 4.43. The van der Waals surface area contributed by atoms with Gasteiger partial charge >= 0.3 is 0 Å². The van der Waals surface area contributed by atoms with Crippen molar-refractivity contribution in [1.82, 2.24) is 0 Å². The van der Waals surface area contributed by atoms with Crippen LogP contribution in [0.15, 0.2) is 42.5 Å². The quantitative estimate of drug-likeness (QED) is 0.762. The summed E-state index contributed by atoms with van der Waals surface area (Å²) in [5.41, 5.74) is 3.66. The number of hydrogen-bond acceptors (Lipinski definition) is 2. The molecule has 0 aromatic heterocycles. The molecular formula is C15H11FN2. The minimum absolute atomic E-state index is 0.361. The first-order valence-electron chi connectivity index (χ1n) is 5.79. The van der Waals surface area contributed by atoms with E-state index in [0.717, 1.165) is 18.8 Å². The lowest BCUT2D eigenvalue weighted by Crippen LogP contribution is -2.14. The molecule has 1 aliphatic heterocycles. The van der Waals surface area contributed by atoms with Gasteiger partial charge in [-0.2, -0.15) is 5.26 Å². The molecule has 88 valence electrons. The van der Waals surface area contributed by atoms with Crippen LogP contribution in [0.5, 0.6) is 0 Å². The fourth-order valence-corrected chi connectivity index (χ4v) is 2.34. The lowest BCUT2D eigenvalue weighted by Gasteiger charge is -2.17. The fourth-order valence-electron chi connectivity index (χ4n) is 2.34. The van der Waals surface area contributed by atoms with Crippen molar-refractivity contribution in [1.29, 1.82) is 5.26 Å². The molecule has 18 heavy (non-hydrogen) atoms. The highest BCUT2D eigenvalue weighted by molar-refractivity contribution is 5.55. The number of nitriles is 1. The van der Waals surface area contributed by atoms with Crippen LogP contribution >= 0.6 is 0 Å². The fraction of sp³-hybridized carbons (Fsp3) is 0.133. The molecule has 0 atom stereocenters. The highest BCUT2D eigenvalue weighted by atomic mass is 19.1. The van der Waals surface area contributed by atoms with Gasteiger partial charge in [0, 0.05) is 18.8 Å². The number of rotatable bonds is 1. The molecule has 1 heterocycles. The van der Waals surface area contributed by atoms with Gasteiger partial charge in [-0.25, -0.2) is 4.39 Å². The van der Waals surface area contributed by atoms with Gasteiger partial charge in [0.1, 0.15) is 5.82 Å². The molecule has 0 bridgehead atoms. The number of fused-ring (bicyclic) bond motifs is 1. The lowest BCUT2D eigenvalue weighted by atomic mass is 10.1. The van der Waals surface area contributed by atoms with E-state index in [-0.39, 0.29) is 5.82 Å². The predicted octanol–water partition coefficient (Wildman–Crippen LogP) is 3.22. The van der Waals surface area contributed by atoms with Crippen molar-refractivity contribution in [2.24, 2.45) is 0 Å². The summed E-state index contributed by atoms with van der Waals surface area (Å²) < 4.78 is 13.4. The van der Waals surface area contributed by atoms with Crippen LogP contribution in [-0.4, -0.2) is 0 Å². The van der Waals surface area contributed by atoms with E-state index in [0.29, 0.717) is 5.56 Å². The third kappa shape index (κ3) is 1.82. The number of hydrogen-bond donors (Lipinski definition) is 0. The minimum Gasteiger partial charge on any atom is -0.363 e. The van der Waals surface area contributed by atoms with Crippen molar-refractivity contribution in [2.75, 3.05) is 4.90 Å². The molecule has 0 radical (unpaired) electrons. The van der Waals surface area contributed by atoms with E-state index in [2.05, 4.69) is 17.0 Å². The summed E-state index contributed by atoms with van der Waals surface area (Å²) in [6.07, 6.45) is 0. The van der Waals surface area contributed by atoms with Crippen LogP contribution in [0, 0.1) is 17.1 Å². The van der Waals surface area contributed by atoms with Crippen LogP contribution in [0.2, 0.25) is 0 Å². The Morgan fingerprint density at radius 3 is 2.33 bits per heavy atom. The van der Waals surface area contributed by atoms with Crippen LogP contribution in [0.4, 0.5) is 10.1 Å². The molecular weight excluding hydrogens is 227 g/mol. The van der Waals surface area contributed by atoms with E-state index in [1.54, 1.807) is 6.07 Å². The maximum absolute atomic E-state index is 13.4. The van der Waals surface area contributed by atoms with Crippen LogP contribution in [-0.2, 0) is 13.1 Å². The minimum atomic E-state index is -0.361. The Labute approximate surface area is 105 Å². The summed E-state index contributed by atoms with van der Waals surface area (Å²) >= 11 is 0. The zero-order valence-corrected chi connectivity index (χ0v) is 9.73. The molecule has 0 aliphatic carbocycles. The average molecular weight is 238 g/mol. The molecule has 1 aliphatic rings. The standard InChI is InChI=1S/C15H11FN2/c16-14-5-11(8-17)6-15(7-14)18-9-12-3-1-2-4-13(12)10-18/h1-7H,9-10H2. The van der Waals surface area contributed by atoms with Crippen LogP contribution in [0.3, 0.4) is 0 Å². The molecule has 0 N–H and O–H groups in total. The monoisotopic (exact) mass is 238 g/mol. The molecule has 2 nitrogen and oxygen atoms in total. The zero-order chi connectivity index (χ0) is 12.5. The van der Waals surface area contributed by atoms with Crippen molar-refractivity contribution >= 4 is 5.69 Å². The van der Waals surface area contributed by atoms with Gasteiger partial charge in [-0.3, -0.25) is 0 Å². The first-order chi connectivity index (χ1) is 8.76. The normalized spacial score (nSPS) is 13.2. The van der Waals surface area contributed by atoms with Gasteiger partial charge in [0.05, 0.1) is 11.6 Å². The second kappa shape index (κ2) is 4.15. The van der Waals surface area contributed by atoms with Crippen molar-refractivity contribution < 1.29 is 4.39 Å². The molecule has 3 rings (SSSR count). The van der Waals surface area contributed by atoms with Gasteiger partial charge in [0.25, 0.3) is 0 Å². The Hall–Kier alpha value is -2.34. The first-order valence-corrected chi connectivity index (χ1v) is 5.79. The number of anilines is 1. The van der Waals surface area contributed by atoms with Crippen molar-refractivity contribution in [2.45, 2.75) is 13.1 Å². The maximum atomic E-state index is 13.4. The van der Waals surface area contributed by atoms with Crippen molar-refractivity contribution in [3.8, 4) is 6.07 Å². The first kappa shape index (κ1) is 10.8. The van der Waals surface area contributed by atoms with Crippen molar-refractivity contribution in [3.05, 3.63) is 65.0 Å². The van der Waals surface area contributed by atoms with Gasteiger partial charge in [-0.15, -0.1) is 0 Å². The van der Waals surface area contributed by atoms with Crippen LogP contribution in [0.1, 0.15) is 16.7 Å². The van der Waals surface area contributed by atoms with Gasteiger partial charge in [-0.1, -0.05) is 24.3 Å². The SMILES string of the molecule is N#Cc1cc(F)cc(N2Cc3ccccc3C2)c1. The summed E-state index contributed by atoms with van der Waals surface area (Å²) in [5.74, 6) is -0.361. The molecule has 0 amide bonds. The van der Waals surface area contributed by atoms with Crippen LogP contribution < -0.4 is 4.90 Å². The van der Waals surface area contributed by atoms with Gasteiger partial charge in [-0.05, 0) is 29.3 Å². The third-order valence-electron chi connectivity index (χ3n) is 3.22. The molecule has 3 heteroatoms. The Morgan fingerprint density at radius 2 is 1.72 bits per heavy atom. The largest absolute Gasteiger partial charge is 0.363 e. The van der Waals surface area contributed by atoms with Gasteiger partial charge in [0.2, 0.25) is 0 Å². The van der Waals surface area contributed by atoms with Crippen molar-refractivity contribution in [3.63, 3.8) is 0 Å². The Morgan fingerprint density at radius 1 is 1.06 bits per heavy atom. The molecule has 0 fully saturated rings.